The molecule has 3 amide bonds. The van der Waals surface area contributed by atoms with Crippen LogP contribution in [0.1, 0.15) is 47.2 Å². The molecule has 36 heavy (non-hydrogen) atoms. The molecule has 3 aliphatic heterocycles. The first-order chi connectivity index (χ1) is 17.5. The van der Waals surface area contributed by atoms with Crippen LogP contribution in [0.4, 0.5) is 0 Å². The Bertz CT molecular complexity index is 1370. The van der Waals surface area contributed by atoms with E-state index in [2.05, 4.69) is 34.5 Å². The average molecular weight is 484 g/mol. The third kappa shape index (κ3) is 4.01. The number of nitrogens with zero attached hydrogens (tertiary/aromatic N) is 4. The monoisotopic (exact) mass is 483 g/mol. The van der Waals surface area contributed by atoms with E-state index < -0.39 is 11.9 Å². The van der Waals surface area contributed by atoms with E-state index in [1.54, 1.807) is 4.90 Å². The van der Waals surface area contributed by atoms with Gasteiger partial charge >= 0.3 is 0 Å². The number of piperidine rings is 1. The molecule has 2 aromatic carbocycles. The fourth-order valence-corrected chi connectivity index (χ4v) is 5.72. The van der Waals surface area contributed by atoms with Gasteiger partial charge in [0.1, 0.15) is 6.04 Å². The van der Waals surface area contributed by atoms with Crippen molar-refractivity contribution in [1.82, 2.24) is 24.7 Å². The van der Waals surface area contributed by atoms with Gasteiger partial charge in [-0.2, -0.15) is 0 Å². The van der Waals surface area contributed by atoms with E-state index in [4.69, 9.17) is 4.98 Å². The number of imidazole rings is 1. The maximum atomic E-state index is 13.1. The number of nitrogens with one attached hydrogen (secondary N) is 1. The van der Waals surface area contributed by atoms with Crippen LogP contribution >= 0.6 is 0 Å². The van der Waals surface area contributed by atoms with Crippen LogP contribution in [0.15, 0.2) is 48.8 Å². The van der Waals surface area contributed by atoms with E-state index in [9.17, 15) is 14.4 Å². The lowest BCUT2D eigenvalue weighted by Gasteiger charge is -2.29. The van der Waals surface area contributed by atoms with Gasteiger partial charge in [-0.15, -0.1) is 0 Å². The summed E-state index contributed by atoms with van der Waals surface area (Å²) in [5.74, 6) is -0.842. The van der Waals surface area contributed by atoms with Gasteiger partial charge in [0.2, 0.25) is 11.8 Å². The van der Waals surface area contributed by atoms with Gasteiger partial charge in [0.05, 0.1) is 17.7 Å². The molecule has 6 rings (SSSR count). The van der Waals surface area contributed by atoms with Crippen LogP contribution in [-0.2, 0) is 29.7 Å². The number of hydrogen-bond acceptors (Lipinski definition) is 5. The van der Waals surface area contributed by atoms with E-state index in [1.807, 2.05) is 36.1 Å². The number of carbonyl (C=O) groups is 3. The summed E-state index contributed by atoms with van der Waals surface area (Å²) in [6.45, 7) is 3.62. The summed E-state index contributed by atoms with van der Waals surface area (Å²) in [6.07, 6.45) is 4.97. The number of benzene rings is 2. The molecule has 1 atom stereocenters. The molecule has 4 heterocycles. The summed E-state index contributed by atoms with van der Waals surface area (Å²) >= 11 is 0. The number of likely N-dealkylation sites (tertiary alicyclic amines) is 1. The number of aromatic nitrogens is 2. The molecule has 3 aromatic rings. The standard InChI is InChI=1S/C28H29N5O3/c1-31-17-29-25(26(31)20-6-4-5-18(13-20)15-32-11-2-3-12-32)19-7-8-22-21(14-19)16-33(28(22)36)23-9-10-24(34)30-27(23)35/h4-8,13-14,17,23H,2-3,9-12,15-16H2,1H3,(H,30,34,35). The zero-order valence-electron chi connectivity index (χ0n) is 20.4. The Balaban J connectivity index is 1.29. The summed E-state index contributed by atoms with van der Waals surface area (Å²) in [5.41, 5.74) is 6.72. The predicted molar refractivity (Wildman–Crippen MR) is 135 cm³/mol. The van der Waals surface area contributed by atoms with E-state index in [-0.39, 0.29) is 18.2 Å². The lowest BCUT2D eigenvalue weighted by molar-refractivity contribution is -0.136. The fraction of sp³-hybridized carbons (Fsp3) is 0.357. The second-order valence-corrected chi connectivity index (χ2v) is 10.0. The highest BCUT2D eigenvalue weighted by molar-refractivity contribution is 6.05. The maximum Gasteiger partial charge on any atom is 0.255 e. The third-order valence-corrected chi connectivity index (χ3v) is 7.54. The Labute approximate surface area is 209 Å². The molecule has 1 N–H and O–H groups in total. The van der Waals surface area contributed by atoms with Crippen molar-refractivity contribution < 1.29 is 14.4 Å². The van der Waals surface area contributed by atoms with Crippen molar-refractivity contribution in [2.45, 2.75) is 44.8 Å². The van der Waals surface area contributed by atoms with Crippen molar-refractivity contribution in [2.24, 2.45) is 7.05 Å². The zero-order valence-corrected chi connectivity index (χ0v) is 20.4. The van der Waals surface area contributed by atoms with Crippen LogP contribution in [0, 0.1) is 0 Å². The number of carbonyl (C=O) groups excluding carboxylic acids is 3. The Kier molecular flexibility index (Phi) is 5.68. The molecule has 0 saturated carbocycles. The summed E-state index contributed by atoms with van der Waals surface area (Å²) in [4.78, 5) is 45.8. The Morgan fingerprint density at radius 2 is 1.86 bits per heavy atom. The minimum Gasteiger partial charge on any atom is -0.333 e. The molecule has 2 fully saturated rings. The topological polar surface area (TPSA) is 87.5 Å². The number of rotatable bonds is 5. The fourth-order valence-electron chi connectivity index (χ4n) is 5.72. The second kappa shape index (κ2) is 9.02. The highest BCUT2D eigenvalue weighted by Crippen LogP contribution is 2.35. The van der Waals surface area contributed by atoms with Gasteiger partial charge in [0.25, 0.3) is 5.91 Å². The maximum absolute atomic E-state index is 13.1. The first-order valence-electron chi connectivity index (χ1n) is 12.6. The summed E-state index contributed by atoms with van der Waals surface area (Å²) < 4.78 is 2.04. The van der Waals surface area contributed by atoms with Gasteiger partial charge in [-0.1, -0.05) is 24.3 Å². The quantitative estimate of drug-likeness (QED) is 0.564. The lowest BCUT2D eigenvalue weighted by Crippen LogP contribution is -2.52. The first kappa shape index (κ1) is 22.7. The van der Waals surface area contributed by atoms with Crippen LogP contribution in [0.3, 0.4) is 0 Å². The number of fused-ring (bicyclic) bond motifs is 1. The van der Waals surface area contributed by atoms with Crippen LogP contribution in [0.25, 0.3) is 22.5 Å². The molecule has 2 saturated heterocycles. The molecular weight excluding hydrogens is 454 g/mol. The van der Waals surface area contributed by atoms with Gasteiger partial charge in [-0.3, -0.25) is 24.6 Å². The van der Waals surface area contributed by atoms with Crippen molar-refractivity contribution in [3.8, 4) is 22.5 Å². The van der Waals surface area contributed by atoms with E-state index in [0.717, 1.165) is 47.7 Å². The van der Waals surface area contributed by atoms with Gasteiger partial charge in [0, 0.05) is 43.2 Å². The predicted octanol–water partition coefficient (Wildman–Crippen LogP) is 3.11. The minimum atomic E-state index is -0.616. The number of amides is 3. The Morgan fingerprint density at radius 1 is 1.03 bits per heavy atom. The largest absolute Gasteiger partial charge is 0.333 e. The van der Waals surface area contributed by atoms with Crippen molar-refractivity contribution >= 4 is 17.7 Å². The number of hydrogen-bond donors (Lipinski definition) is 1. The molecule has 0 radical (unpaired) electrons. The molecule has 1 unspecified atom stereocenters. The highest BCUT2D eigenvalue weighted by Gasteiger charge is 2.39. The van der Waals surface area contributed by atoms with Crippen molar-refractivity contribution in [2.75, 3.05) is 13.1 Å². The molecular formula is C28H29N5O3. The number of imide groups is 1. The lowest BCUT2D eigenvalue weighted by atomic mass is 9.99. The third-order valence-electron chi connectivity index (χ3n) is 7.54. The van der Waals surface area contributed by atoms with Crippen LogP contribution in [-0.4, -0.2) is 56.2 Å². The van der Waals surface area contributed by atoms with Gasteiger partial charge < -0.3 is 9.47 Å². The van der Waals surface area contributed by atoms with Gasteiger partial charge in [-0.05, 0) is 61.7 Å². The van der Waals surface area contributed by atoms with E-state index in [0.29, 0.717) is 18.5 Å². The molecule has 0 spiro atoms. The zero-order chi connectivity index (χ0) is 24.8. The van der Waals surface area contributed by atoms with Crippen molar-refractivity contribution in [3.63, 3.8) is 0 Å². The molecule has 3 aliphatic rings. The van der Waals surface area contributed by atoms with Crippen LogP contribution in [0.5, 0.6) is 0 Å². The molecule has 0 aliphatic carbocycles. The summed E-state index contributed by atoms with van der Waals surface area (Å²) in [6, 6.07) is 13.8. The Morgan fingerprint density at radius 3 is 2.67 bits per heavy atom. The highest BCUT2D eigenvalue weighted by atomic mass is 16.2. The minimum absolute atomic E-state index is 0.165. The van der Waals surface area contributed by atoms with Crippen LogP contribution in [0.2, 0.25) is 0 Å². The summed E-state index contributed by atoms with van der Waals surface area (Å²) in [7, 11) is 2.00. The average Bonchev–Trinajstić information content (AvgIpc) is 3.59. The Hall–Kier alpha value is -3.78. The molecule has 0 bridgehead atoms. The van der Waals surface area contributed by atoms with Crippen molar-refractivity contribution in [3.05, 3.63) is 65.5 Å². The molecule has 8 nitrogen and oxygen atoms in total. The molecule has 8 heteroatoms. The number of aryl methyl sites for hydroxylation is 1. The van der Waals surface area contributed by atoms with Gasteiger partial charge in [-0.25, -0.2) is 4.98 Å². The first-order valence-corrected chi connectivity index (χ1v) is 12.6. The van der Waals surface area contributed by atoms with Crippen LogP contribution < -0.4 is 5.32 Å². The van der Waals surface area contributed by atoms with E-state index in [1.165, 1.54) is 18.4 Å². The normalized spacial score (nSPS) is 20.2. The molecule has 184 valence electrons. The van der Waals surface area contributed by atoms with Gasteiger partial charge in [0.15, 0.2) is 0 Å². The molecule has 1 aromatic heterocycles. The smallest absolute Gasteiger partial charge is 0.255 e. The SMILES string of the molecule is Cn1cnc(-c2ccc3c(c2)CN(C2CCC(=O)NC2=O)C3=O)c1-c1cccc(CN2CCCC2)c1. The van der Waals surface area contributed by atoms with Crippen molar-refractivity contribution in [1.29, 1.82) is 0 Å². The summed E-state index contributed by atoms with van der Waals surface area (Å²) in [5, 5.41) is 2.36. The second-order valence-electron chi connectivity index (χ2n) is 10.0. The van der Waals surface area contributed by atoms with E-state index >= 15 is 0 Å².